The van der Waals surface area contributed by atoms with E-state index in [4.69, 9.17) is 0 Å². The molecule has 1 heterocycles. The van der Waals surface area contributed by atoms with Crippen LogP contribution in [0.5, 0.6) is 5.75 Å². The fourth-order valence-corrected chi connectivity index (χ4v) is 1.42. The van der Waals surface area contributed by atoms with Crippen molar-refractivity contribution in [2.75, 3.05) is 6.61 Å². The van der Waals surface area contributed by atoms with Crippen LogP contribution in [0, 0.1) is 0 Å². The molecule has 0 amide bonds. The molecule has 15 heavy (non-hydrogen) atoms. The summed E-state index contributed by atoms with van der Waals surface area (Å²) >= 11 is 3.05. The van der Waals surface area contributed by atoms with Gasteiger partial charge in [0.05, 0.1) is 0 Å². The fraction of sp³-hybridized carbons (Fsp3) is 0.375. The van der Waals surface area contributed by atoms with Gasteiger partial charge in [0.15, 0.2) is 12.4 Å². The number of alkyl halides is 3. The van der Waals surface area contributed by atoms with Crippen LogP contribution in [0.4, 0.5) is 13.2 Å². The van der Waals surface area contributed by atoms with E-state index in [1.165, 1.54) is 19.3 Å². The SMILES string of the molecule is Cn1cc(Br)cc(OCC(F)(F)F)c1=O. The Balaban J connectivity index is 2.91. The molecular weight excluding hydrogens is 279 g/mol. The Morgan fingerprint density at radius 2 is 2.13 bits per heavy atom. The molecule has 0 spiro atoms. The van der Waals surface area contributed by atoms with E-state index in [1.807, 2.05) is 0 Å². The Morgan fingerprint density at radius 1 is 1.53 bits per heavy atom. The molecule has 0 radical (unpaired) electrons. The quantitative estimate of drug-likeness (QED) is 0.833. The Bertz CT molecular complexity index is 413. The molecule has 0 aromatic carbocycles. The molecule has 0 unspecified atom stereocenters. The van der Waals surface area contributed by atoms with E-state index in [2.05, 4.69) is 20.7 Å². The zero-order valence-electron chi connectivity index (χ0n) is 7.64. The molecular formula is C8H7BrF3NO2. The summed E-state index contributed by atoms with van der Waals surface area (Å²) in [7, 11) is 1.42. The van der Waals surface area contributed by atoms with Crippen molar-refractivity contribution in [3.05, 3.63) is 27.1 Å². The summed E-state index contributed by atoms with van der Waals surface area (Å²) in [5.74, 6) is -0.329. The topological polar surface area (TPSA) is 31.2 Å². The minimum absolute atomic E-state index is 0.329. The fourth-order valence-electron chi connectivity index (χ4n) is 0.905. The van der Waals surface area contributed by atoms with E-state index >= 15 is 0 Å². The van der Waals surface area contributed by atoms with Crippen molar-refractivity contribution < 1.29 is 17.9 Å². The van der Waals surface area contributed by atoms with Crippen LogP contribution in [-0.4, -0.2) is 17.4 Å². The van der Waals surface area contributed by atoms with Gasteiger partial charge in [-0.25, -0.2) is 0 Å². The molecule has 0 saturated carbocycles. The van der Waals surface area contributed by atoms with E-state index in [9.17, 15) is 18.0 Å². The van der Waals surface area contributed by atoms with Gasteiger partial charge in [-0.2, -0.15) is 13.2 Å². The predicted molar refractivity (Wildman–Crippen MR) is 50.9 cm³/mol. The van der Waals surface area contributed by atoms with Crippen molar-refractivity contribution in [1.82, 2.24) is 4.57 Å². The number of rotatable bonds is 2. The maximum absolute atomic E-state index is 11.8. The summed E-state index contributed by atoms with van der Waals surface area (Å²) < 4.78 is 41.5. The molecule has 84 valence electrons. The van der Waals surface area contributed by atoms with E-state index in [0.717, 1.165) is 4.57 Å². The van der Waals surface area contributed by atoms with Crippen LogP contribution in [0.25, 0.3) is 0 Å². The van der Waals surface area contributed by atoms with Gasteiger partial charge in [-0.05, 0) is 15.9 Å². The lowest BCUT2D eigenvalue weighted by Crippen LogP contribution is -2.24. The van der Waals surface area contributed by atoms with Crippen molar-refractivity contribution in [3.63, 3.8) is 0 Å². The lowest BCUT2D eigenvalue weighted by Gasteiger charge is -2.09. The molecule has 1 aromatic heterocycles. The minimum atomic E-state index is -4.45. The van der Waals surface area contributed by atoms with Crippen molar-refractivity contribution in [2.24, 2.45) is 7.05 Å². The van der Waals surface area contributed by atoms with Gasteiger partial charge in [-0.3, -0.25) is 4.79 Å². The second kappa shape index (κ2) is 4.26. The van der Waals surface area contributed by atoms with Crippen LogP contribution >= 0.6 is 15.9 Å². The molecule has 1 rings (SSSR count). The highest BCUT2D eigenvalue weighted by Gasteiger charge is 2.29. The first kappa shape index (κ1) is 12.1. The number of ether oxygens (including phenoxy) is 1. The Labute approximate surface area is 91.6 Å². The van der Waals surface area contributed by atoms with Crippen molar-refractivity contribution >= 4 is 15.9 Å². The number of pyridine rings is 1. The van der Waals surface area contributed by atoms with E-state index in [1.54, 1.807) is 0 Å². The second-order valence-electron chi connectivity index (χ2n) is 2.84. The third-order valence-electron chi connectivity index (χ3n) is 1.51. The normalized spacial score (nSPS) is 11.5. The van der Waals surface area contributed by atoms with Crippen molar-refractivity contribution in [1.29, 1.82) is 0 Å². The van der Waals surface area contributed by atoms with Gasteiger partial charge in [0.2, 0.25) is 0 Å². The zero-order chi connectivity index (χ0) is 11.6. The van der Waals surface area contributed by atoms with Gasteiger partial charge in [0.25, 0.3) is 5.56 Å². The average molecular weight is 286 g/mol. The summed E-state index contributed by atoms with van der Waals surface area (Å²) in [5, 5.41) is 0. The highest BCUT2D eigenvalue weighted by atomic mass is 79.9. The molecule has 0 fully saturated rings. The summed E-state index contributed by atoms with van der Waals surface area (Å²) in [6.45, 7) is -1.47. The van der Waals surface area contributed by atoms with Crippen LogP contribution in [0.15, 0.2) is 21.5 Å². The summed E-state index contributed by atoms with van der Waals surface area (Å²) in [5.41, 5.74) is -0.609. The van der Waals surface area contributed by atoms with E-state index < -0.39 is 18.3 Å². The molecule has 0 N–H and O–H groups in total. The lowest BCUT2D eigenvalue weighted by atomic mass is 10.4. The lowest BCUT2D eigenvalue weighted by molar-refractivity contribution is -0.153. The Morgan fingerprint density at radius 3 is 2.67 bits per heavy atom. The maximum Gasteiger partial charge on any atom is 0.422 e. The number of aromatic nitrogens is 1. The van der Waals surface area contributed by atoms with Gasteiger partial charge in [0.1, 0.15) is 0 Å². The van der Waals surface area contributed by atoms with Crippen LogP contribution in [0.2, 0.25) is 0 Å². The van der Waals surface area contributed by atoms with Gasteiger partial charge in [-0.15, -0.1) is 0 Å². The highest BCUT2D eigenvalue weighted by Crippen LogP contribution is 2.18. The van der Waals surface area contributed by atoms with Gasteiger partial charge in [-0.1, -0.05) is 0 Å². The van der Waals surface area contributed by atoms with Crippen LogP contribution < -0.4 is 10.3 Å². The van der Waals surface area contributed by atoms with Gasteiger partial charge >= 0.3 is 6.18 Å². The molecule has 0 aliphatic rings. The van der Waals surface area contributed by atoms with Crippen LogP contribution in [-0.2, 0) is 7.05 Å². The number of nitrogens with zero attached hydrogens (tertiary/aromatic N) is 1. The molecule has 0 saturated heterocycles. The van der Waals surface area contributed by atoms with Crippen LogP contribution in [0.3, 0.4) is 0 Å². The van der Waals surface area contributed by atoms with E-state index in [0.29, 0.717) is 4.47 Å². The summed E-state index contributed by atoms with van der Waals surface area (Å²) in [4.78, 5) is 11.3. The Hall–Kier alpha value is -0.980. The molecule has 0 atom stereocenters. The first-order valence-electron chi connectivity index (χ1n) is 3.85. The molecule has 1 aromatic rings. The van der Waals surface area contributed by atoms with Gasteiger partial charge < -0.3 is 9.30 Å². The number of hydrogen-bond acceptors (Lipinski definition) is 2. The minimum Gasteiger partial charge on any atom is -0.478 e. The standard InChI is InChI=1S/C8H7BrF3NO2/c1-13-3-5(9)2-6(7(13)14)15-4-8(10,11)12/h2-3H,4H2,1H3. The second-order valence-corrected chi connectivity index (χ2v) is 3.76. The highest BCUT2D eigenvalue weighted by molar-refractivity contribution is 9.10. The first-order valence-corrected chi connectivity index (χ1v) is 4.64. The third-order valence-corrected chi connectivity index (χ3v) is 1.94. The van der Waals surface area contributed by atoms with Crippen molar-refractivity contribution in [3.8, 4) is 5.75 Å². The zero-order valence-corrected chi connectivity index (χ0v) is 9.22. The predicted octanol–water partition coefficient (Wildman–Crippen LogP) is 2.09. The monoisotopic (exact) mass is 285 g/mol. The van der Waals surface area contributed by atoms with E-state index in [-0.39, 0.29) is 5.75 Å². The number of hydrogen-bond donors (Lipinski definition) is 0. The van der Waals surface area contributed by atoms with Crippen molar-refractivity contribution in [2.45, 2.75) is 6.18 Å². The molecule has 0 aliphatic carbocycles. The molecule has 3 nitrogen and oxygen atoms in total. The summed E-state index contributed by atoms with van der Waals surface area (Å²) in [6.07, 6.45) is -3.02. The number of halogens is 4. The number of aryl methyl sites for hydroxylation is 1. The Kier molecular flexibility index (Phi) is 3.43. The third kappa shape index (κ3) is 3.58. The maximum atomic E-state index is 11.8. The average Bonchev–Trinajstić information content (AvgIpc) is 2.07. The summed E-state index contributed by atoms with van der Waals surface area (Å²) in [6, 6.07) is 1.20. The largest absolute Gasteiger partial charge is 0.478 e. The molecule has 0 bridgehead atoms. The van der Waals surface area contributed by atoms with Gasteiger partial charge in [0, 0.05) is 23.8 Å². The van der Waals surface area contributed by atoms with Crippen LogP contribution in [0.1, 0.15) is 0 Å². The molecule has 7 heteroatoms. The smallest absolute Gasteiger partial charge is 0.422 e. The first-order chi connectivity index (χ1) is 6.79. The molecule has 0 aliphatic heterocycles.